The first-order valence-corrected chi connectivity index (χ1v) is 14.6. The maximum absolute atomic E-state index is 13.0. The average molecular weight is 572 g/mol. The van der Waals surface area contributed by atoms with E-state index in [0.29, 0.717) is 79.2 Å². The predicted molar refractivity (Wildman–Crippen MR) is 150 cm³/mol. The maximum atomic E-state index is 13.0. The number of methoxy groups -OCH3 is 2. The second-order valence-corrected chi connectivity index (χ2v) is 11.2. The minimum absolute atomic E-state index is 0.0443. The fourth-order valence-electron chi connectivity index (χ4n) is 5.13. The zero-order valence-electron chi connectivity index (χ0n) is 22.6. The van der Waals surface area contributed by atoms with Crippen LogP contribution in [0.1, 0.15) is 37.2 Å². The maximum Gasteiger partial charge on any atom is 0.261 e. The van der Waals surface area contributed by atoms with Crippen LogP contribution in [0.2, 0.25) is 0 Å². The standard InChI is InChI=1S/C26H29N5O4.CH4O3S/c1-34-21-14-19-20(15-22(21)35-2)28-26(29-25(19)27)30-10-8-18(9-11-30)31-23(32)12-17(13-24(31)33)16-6-4-3-5-7-16;1-5(2,3)4/h3-7,14-15,17-18H,8-13H2,1-2H3,(H2,27,28,29);1H3,(H,2,3,4). The molecule has 0 radical (unpaired) electrons. The van der Waals surface area contributed by atoms with E-state index < -0.39 is 10.1 Å². The third-order valence-electron chi connectivity index (χ3n) is 6.98. The number of nitrogens with zero attached hydrogens (tertiary/aromatic N) is 4. The van der Waals surface area contributed by atoms with Crippen molar-refractivity contribution in [2.75, 3.05) is 44.2 Å². The number of nitrogen functional groups attached to an aromatic ring is 1. The molecule has 13 heteroatoms. The largest absolute Gasteiger partial charge is 0.493 e. The Balaban J connectivity index is 0.000000681. The molecule has 0 bridgehead atoms. The van der Waals surface area contributed by atoms with Crippen LogP contribution in [0.15, 0.2) is 42.5 Å². The van der Waals surface area contributed by atoms with Crippen LogP contribution in [0.5, 0.6) is 11.5 Å². The highest BCUT2D eigenvalue weighted by molar-refractivity contribution is 7.85. The number of benzene rings is 2. The number of likely N-dealkylation sites (tertiary alicyclic amines) is 1. The van der Waals surface area contributed by atoms with E-state index in [1.165, 1.54) is 4.90 Å². The lowest BCUT2D eigenvalue weighted by Crippen LogP contribution is -2.52. The SMILES string of the molecule is COc1cc2nc(N3CCC(N4C(=O)CC(c5ccccc5)CC4=O)CC3)nc(N)c2cc1OC.CS(=O)(=O)O. The van der Waals surface area contributed by atoms with Gasteiger partial charge in [-0.1, -0.05) is 30.3 Å². The predicted octanol–water partition coefficient (Wildman–Crippen LogP) is 2.63. The highest BCUT2D eigenvalue weighted by Crippen LogP contribution is 2.35. The first-order valence-electron chi connectivity index (χ1n) is 12.7. The Labute approximate surface area is 232 Å². The molecule has 0 unspecified atom stereocenters. The first kappa shape index (κ1) is 29.0. The van der Waals surface area contributed by atoms with Crippen molar-refractivity contribution in [3.05, 3.63) is 48.0 Å². The van der Waals surface area contributed by atoms with Crippen molar-refractivity contribution < 1.29 is 32.0 Å². The van der Waals surface area contributed by atoms with Gasteiger partial charge in [0.05, 0.1) is 26.0 Å². The van der Waals surface area contributed by atoms with Gasteiger partial charge in [0.25, 0.3) is 10.1 Å². The van der Waals surface area contributed by atoms with Crippen molar-refractivity contribution in [1.82, 2.24) is 14.9 Å². The molecule has 0 saturated carbocycles. The summed E-state index contributed by atoms with van der Waals surface area (Å²) in [5.74, 6) is 1.81. The number of amides is 2. The Morgan fingerprint density at radius 2 is 1.50 bits per heavy atom. The minimum atomic E-state index is -3.67. The number of hydrogen-bond donors (Lipinski definition) is 2. The Morgan fingerprint density at radius 3 is 2.05 bits per heavy atom. The summed E-state index contributed by atoms with van der Waals surface area (Å²) in [5, 5.41) is 0.693. The number of anilines is 2. The number of piperidine rings is 2. The van der Waals surface area contributed by atoms with Crippen LogP contribution in [-0.4, -0.2) is 79.3 Å². The van der Waals surface area contributed by atoms with Gasteiger partial charge in [0.2, 0.25) is 17.8 Å². The highest BCUT2D eigenvalue weighted by Gasteiger charge is 2.39. The monoisotopic (exact) mass is 571 g/mol. The normalized spacial score (nSPS) is 17.0. The fourth-order valence-corrected chi connectivity index (χ4v) is 5.13. The Kier molecular flexibility index (Phi) is 8.74. The van der Waals surface area contributed by atoms with E-state index in [1.54, 1.807) is 26.4 Å². The minimum Gasteiger partial charge on any atom is -0.493 e. The molecule has 3 N–H and O–H groups in total. The quantitative estimate of drug-likeness (QED) is 0.341. The summed E-state index contributed by atoms with van der Waals surface area (Å²) in [6.07, 6.45) is 2.78. The molecule has 5 rings (SSSR count). The van der Waals surface area contributed by atoms with E-state index in [1.807, 2.05) is 30.3 Å². The van der Waals surface area contributed by atoms with E-state index in [4.69, 9.17) is 24.7 Å². The molecule has 2 fully saturated rings. The lowest BCUT2D eigenvalue weighted by Gasteiger charge is -2.40. The molecule has 2 aliphatic heterocycles. The topological polar surface area (TPSA) is 165 Å². The fraction of sp³-hybridized carbons (Fsp3) is 0.407. The summed E-state index contributed by atoms with van der Waals surface area (Å²) in [7, 11) is -0.524. The smallest absolute Gasteiger partial charge is 0.261 e. The number of rotatable bonds is 5. The summed E-state index contributed by atoms with van der Waals surface area (Å²) < 4.78 is 36.6. The molecule has 214 valence electrons. The average Bonchev–Trinajstić information content (AvgIpc) is 2.92. The van der Waals surface area contributed by atoms with Gasteiger partial charge in [-0.2, -0.15) is 13.4 Å². The summed E-state index contributed by atoms with van der Waals surface area (Å²) >= 11 is 0. The Hall–Kier alpha value is -3.97. The van der Waals surface area contributed by atoms with E-state index in [2.05, 4.69) is 9.88 Å². The van der Waals surface area contributed by atoms with Crippen LogP contribution >= 0.6 is 0 Å². The third kappa shape index (κ3) is 6.77. The van der Waals surface area contributed by atoms with E-state index in [0.717, 1.165) is 5.56 Å². The molecule has 0 atom stereocenters. The van der Waals surface area contributed by atoms with Crippen LogP contribution in [0.3, 0.4) is 0 Å². The number of nitrogens with two attached hydrogens (primary N) is 1. The molecule has 2 aromatic carbocycles. The number of imide groups is 1. The second kappa shape index (κ2) is 12.0. The summed E-state index contributed by atoms with van der Waals surface area (Å²) in [4.78, 5) is 38.7. The van der Waals surface area contributed by atoms with E-state index in [9.17, 15) is 18.0 Å². The number of carbonyl (C=O) groups is 2. The number of aromatic nitrogens is 2. The Bertz CT molecular complexity index is 1470. The van der Waals surface area contributed by atoms with E-state index in [-0.39, 0.29) is 23.8 Å². The van der Waals surface area contributed by atoms with Crippen molar-refractivity contribution in [3.8, 4) is 11.5 Å². The second-order valence-electron chi connectivity index (χ2n) is 9.76. The van der Waals surface area contributed by atoms with Crippen molar-refractivity contribution >= 4 is 44.6 Å². The van der Waals surface area contributed by atoms with Crippen LogP contribution in [0.4, 0.5) is 11.8 Å². The number of ether oxygens (including phenoxy) is 2. The zero-order valence-corrected chi connectivity index (χ0v) is 23.4. The highest BCUT2D eigenvalue weighted by atomic mass is 32.2. The van der Waals surface area contributed by atoms with Gasteiger partial charge < -0.3 is 20.1 Å². The molecule has 0 spiro atoms. The number of fused-ring (bicyclic) bond motifs is 1. The van der Waals surface area contributed by atoms with Gasteiger partial charge in [0.1, 0.15) is 5.82 Å². The molecule has 1 aromatic heterocycles. The first-order chi connectivity index (χ1) is 19.0. The van der Waals surface area contributed by atoms with Crippen molar-refractivity contribution in [3.63, 3.8) is 0 Å². The van der Waals surface area contributed by atoms with Gasteiger partial charge in [-0.05, 0) is 24.5 Å². The van der Waals surface area contributed by atoms with Gasteiger partial charge >= 0.3 is 0 Å². The summed E-state index contributed by atoms with van der Waals surface area (Å²) in [5.41, 5.74) is 7.96. The lowest BCUT2D eigenvalue weighted by atomic mass is 9.87. The van der Waals surface area contributed by atoms with Gasteiger partial charge in [-0.15, -0.1) is 0 Å². The molecule has 0 aliphatic carbocycles. The van der Waals surface area contributed by atoms with E-state index >= 15 is 0 Å². The van der Waals surface area contributed by atoms with Crippen LogP contribution < -0.4 is 20.1 Å². The third-order valence-corrected chi connectivity index (χ3v) is 6.98. The molecule has 3 aromatic rings. The van der Waals surface area contributed by atoms with Gasteiger partial charge in [-0.25, -0.2) is 4.98 Å². The molecule has 40 heavy (non-hydrogen) atoms. The van der Waals surface area contributed by atoms with Crippen molar-refractivity contribution in [1.29, 1.82) is 0 Å². The molecule has 3 heterocycles. The van der Waals surface area contributed by atoms with Gasteiger partial charge in [0, 0.05) is 49.3 Å². The number of carbonyl (C=O) groups excluding carboxylic acids is 2. The van der Waals surface area contributed by atoms with Crippen molar-refractivity contribution in [2.45, 2.75) is 37.6 Å². The van der Waals surface area contributed by atoms with Crippen LogP contribution in [-0.2, 0) is 19.7 Å². The molecule has 2 saturated heterocycles. The van der Waals surface area contributed by atoms with Crippen LogP contribution in [0, 0.1) is 0 Å². The van der Waals surface area contributed by atoms with Gasteiger partial charge in [0.15, 0.2) is 11.5 Å². The van der Waals surface area contributed by atoms with Crippen molar-refractivity contribution in [2.24, 2.45) is 0 Å². The summed E-state index contributed by atoms with van der Waals surface area (Å²) in [6.45, 7) is 1.25. The molecule has 2 amide bonds. The summed E-state index contributed by atoms with van der Waals surface area (Å²) in [6, 6.07) is 13.3. The van der Waals surface area contributed by atoms with Gasteiger partial charge in [-0.3, -0.25) is 19.0 Å². The zero-order chi connectivity index (χ0) is 29.0. The molecule has 12 nitrogen and oxygen atoms in total. The molecular formula is C27H33N5O7S. The molecule has 2 aliphatic rings. The lowest BCUT2D eigenvalue weighted by molar-refractivity contribution is -0.152. The number of hydrogen-bond acceptors (Lipinski definition) is 10. The Morgan fingerprint density at radius 1 is 0.950 bits per heavy atom. The molecular weight excluding hydrogens is 538 g/mol. The van der Waals surface area contributed by atoms with Crippen LogP contribution in [0.25, 0.3) is 10.9 Å².